The van der Waals surface area contributed by atoms with Gasteiger partial charge in [-0.15, -0.1) is 0 Å². The first kappa shape index (κ1) is 12.7. The van der Waals surface area contributed by atoms with Crippen molar-refractivity contribution in [1.82, 2.24) is 0 Å². The van der Waals surface area contributed by atoms with Gasteiger partial charge in [-0.2, -0.15) is 0 Å². The fraction of sp³-hybridized carbons (Fsp3) is 0.250. The van der Waals surface area contributed by atoms with Crippen LogP contribution in [0.15, 0.2) is 36.4 Å². The van der Waals surface area contributed by atoms with Crippen LogP contribution in [0.25, 0.3) is 16.8 Å². The van der Waals surface area contributed by atoms with Gasteiger partial charge in [0.25, 0.3) is 0 Å². The minimum absolute atomic E-state index is 0.0649. The van der Waals surface area contributed by atoms with Crippen molar-refractivity contribution >= 4 is 16.8 Å². The van der Waals surface area contributed by atoms with Crippen LogP contribution in [0.1, 0.15) is 26.3 Å². The molecule has 0 unspecified atom stereocenters. The summed E-state index contributed by atoms with van der Waals surface area (Å²) in [6.07, 6.45) is 3.98. The molecule has 0 saturated heterocycles. The van der Waals surface area contributed by atoms with E-state index in [1.807, 2.05) is 18.2 Å². The normalized spacial score (nSPS) is 12.5. The lowest BCUT2D eigenvalue weighted by Gasteiger charge is -2.11. The molecule has 0 nitrogen and oxygen atoms in total. The summed E-state index contributed by atoms with van der Waals surface area (Å²) in [5.74, 6) is -1.59. The SMILES string of the molecule is CC(C)(C)/C=C/c1ccc2ccc(F)c(F)c2c1. The Balaban J connectivity index is 2.50. The van der Waals surface area contributed by atoms with Gasteiger partial charge in [-0.05, 0) is 28.5 Å². The number of hydrogen-bond donors (Lipinski definition) is 0. The average Bonchev–Trinajstić information content (AvgIpc) is 2.31. The Labute approximate surface area is 106 Å². The molecule has 0 aliphatic rings. The highest BCUT2D eigenvalue weighted by molar-refractivity contribution is 5.85. The summed E-state index contributed by atoms with van der Waals surface area (Å²) in [7, 11) is 0. The number of rotatable bonds is 1. The van der Waals surface area contributed by atoms with Crippen LogP contribution in [0.4, 0.5) is 8.78 Å². The second-order valence-corrected chi connectivity index (χ2v) is 5.54. The number of benzene rings is 2. The first-order valence-corrected chi connectivity index (χ1v) is 5.94. The lowest BCUT2D eigenvalue weighted by Crippen LogP contribution is -1.98. The smallest absolute Gasteiger partial charge is 0.166 e. The van der Waals surface area contributed by atoms with Crippen molar-refractivity contribution in [2.24, 2.45) is 5.41 Å². The van der Waals surface area contributed by atoms with E-state index >= 15 is 0 Å². The Bertz CT molecular complexity index is 604. The van der Waals surface area contributed by atoms with Crippen LogP contribution in [0.5, 0.6) is 0 Å². The Hall–Kier alpha value is -1.70. The highest BCUT2D eigenvalue weighted by Gasteiger charge is 2.07. The minimum atomic E-state index is -0.806. The predicted octanol–water partition coefficient (Wildman–Crippen LogP) is 5.18. The van der Waals surface area contributed by atoms with Gasteiger partial charge < -0.3 is 0 Å². The molecule has 0 heterocycles. The second kappa shape index (κ2) is 4.52. The van der Waals surface area contributed by atoms with Crippen LogP contribution < -0.4 is 0 Å². The van der Waals surface area contributed by atoms with Crippen molar-refractivity contribution in [2.45, 2.75) is 20.8 Å². The Morgan fingerprint density at radius 3 is 2.33 bits per heavy atom. The largest absolute Gasteiger partial charge is 0.204 e. The fourth-order valence-corrected chi connectivity index (χ4v) is 1.72. The van der Waals surface area contributed by atoms with E-state index in [0.717, 1.165) is 11.6 Å². The summed E-state index contributed by atoms with van der Waals surface area (Å²) in [4.78, 5) is 0. The van der Waals surface area contributed by atoms with E-state index in [1.54, 1.807) is 18.2 Å². The van der Waals surface area contributed by atoms with Crippen molar-refractivity contribution in [1.29, 1.82) is 0 Å². The first-order valence-electron chi connectivity index (χ1n) is 5.94. The van der Waals surface area contributed by atoms with E-state index in [2.05, 4.69) is 20.8 Å². The van der Waals surface area contributed by atoms with Crippen molar-refractivity contribution in [3.05, 3.63) is 53.6 Å². The first-order chi connectivity index (χ1) is 8.37. The second-order valence-electron chi connectivity index (χ2n) is 5.54. The molecule has 0 amide bonds. The van der Waals surface area contributed by atoms with Crippen LogP contribution in [-0.2, 0) is 0 Å². The zero-order chi connectivity index (χ0) is 13.3. The van der Waals surface area contributed by atoms with Crippen molar-refractivity contribution in [2.75, 3.05) is 0 Å². The van der Waals surface area contributed by atoms with Crippen LogP contribution in [-0.4, -0.2) is 0 Å². The van der Waals surface area contributed by atoms with Crippen LogP contribution in [0.2, 0.25) is 0 Å². The number of fused-ring (bicyclic) bond motifs is 1. The predicted molar refractivity (Wildman–Crippen MR) is 72.4 cm³/mol. The fourth-order valence-electron chi connectivity index (χ4n) is 1.72. The standard InChI is InChI=1S/C16H16F2/c1-16(2,3)9-8-11-4-5-12-6-7-14(17)15(18)13(12)10-11/h4-10H,1-3H3/b9-8+. The van der Waals surface area contributed by atoms with Gasteiger partial charge in [-0.3, -0.25) is 0 Å². The van der Waals surface area contributed by atoms with Crippen molar-refractivity contribution in [3.8, 4) is 0 Å². The quantitative estimate of drug-likeness (QED) is 0.650. The van der Waals surface area contributed by atoms with Crippen molar-refractivity contribution < 1.29 is 8.78 Å². The maximum absolute atomic E-state index is 13.7. The number of allylic oxidation sites excluding steroid dienone is 1. The molecule has 2 aromatic carbocycles. The van der Waals surface area contributed by atoms with E-state index < -0.39 is 11.6 Å². The van der Waals surface area contributed by atoms with Gasteiger partial charge in [0.05, 0.1) is 0 Å². The molecular weight excluding hydrogens is 230 g/mol. The van der Waals surface area contributed by atoms with Gasteiger partial charge in [0, 0.05) is 5.39 Å². The molecule has 0 atom stereocenters. The van der Waals surface area contributed by atoms with Gasteiger partial charge in [-0.1, -0.05) is 51.1 Å². The van der Waals surface area contributed by atoms with E-state index in [1.165, 1.54) is 0 Å². The zero-order valence-corrected chi connectivity index (χ0v) is 10.8. The maximum atomic E-state index is 13.7. The van der Waals surface area contributed by atoms with E-state index in [-0.39, 0.29) is 5.41 Å². The monoisotopic (exact) mass is 246 g/mol. The summed E-state index contributed by atoms with van der Waals surface area (Å²) in [6, 6.07) is 8.13. The zero-order valence-electron chi connectivity index (χ0n) is 10.8. The van der Waals surface area contributed by atoms with Gasteiger partial charge >= 0.3 is 0 Å². The highest BCUT2D eigenvalue weighted by atomic mass is 19.2. The molecule has 0 aliphatic carbocycles. The molecule has 0 spiro atoms. The maximum Gasteiger partial charge on any atom is 0.166 e. The summed E-state index contributed by atoms with van der Waals surface area (Å²) in [5, 5.41) is 1.04. The molecule has 0 aromatic heterocycles. The topological polar surface area (TPSA) is 0 Å². The average molecular weight is 246 g/mol. The Morgan fingerprint density at radius 2 is 1.67 bits per heavy atom. The minimum Gasteiger partial charge on any atom is -0.204 e. The molecule has 0 bridgehead atoms. The van der Waals surface area contributed by atoms with E-state index in [0.29, 0.717) is 10.8 Å². The molecular formula is C16H16F2. The lowest BCUT2D eigenvalue weighted by molar-refractivity contribution is 0.517. The molecule has 0 aliphatic heterocycles. The van der Waals surface area contributed by atoms with Crippen LogP contribution in [0.3, 0.4) is 0 Å². The third kappa shape index (κ3) is 2.76. The van der Waals surface area contributed by atoms with Gasteiger partial charge in [0.2, 0.25) is 0 Å². The van der Waals surface area contributed by atoms with Crippen LogP contribution in [0, 0.1) is 17.0 Å². The summed E-state index contributed by atoms with van der Waals surface area (Å²) in [6.45, 7) is 6.26. The van der Waals surface area contributed by atoms with Gasteiger partial charge in [0.1, 0.15) is 0 Å². The summed E-state index contributed by atoms with van der Waals surface area (Å²) < 4.78 is 26.8. The molecule has 2 heteroatoms. The Kier molecular flexibility index (Phi) is 3.20. The molecule has 2 aromatic rings. The number of halogens is 2. The Morgan fingerprint density at radius 1 is 1.00 bits per heavy atom. The van der Waals surface area contributed by atoms with Gasteiger partial charge in [0.15, 0.2) is 11.6 Å². The molecule has 0 saturated carbocycles. The molecule has 2 rings (SSSR count). The molecule has 18 heavy (non-hydrogen) atoms. The van der Waals surface area contributed by atoms with Crippen LogP contribution >= 0.6 is 0 Å². The molecule has 0 fully saturated rings. The summed E-state index contributed by atoms with van der Waals surface area (Å²) in [5.41, 5.74) is 0.942. The highest BCUT2D eigenvalue weighted by Crippen LogP contribution is 2.23. The van der Waals surface area contributed by atoms with Gasteiger partial charge in [-0.25, -0.2) is 8.78 Å². The third-order valence-corrected chi connectivity index (χ3v) is 2.71. The molecule has 94 valence electrons. The summed E-state index contributed by atoms with van der Waals surface area (Å²) >= 11 is 0. The molecule has 0 N–H and O–H groups in total. The lowest BCUT2D eigenvalue weighted by atomic mass is 9.95. The third-order valence-electron chi connectivity index (χ3n) is 2.71. The van der Waals surface area contributed by atoms with Crippen molar-refractivity contribution in [3.63, 3.8) is 0 Å². The molecule has 0 radical (unpaired) electrons. The van der Waals surface area contributed by atoms with E-state index in [4.69, 9.17) is 0 Å². The van der Waals surface area contributed by atoms with E-state index in [9.17, 15) is 8.78 Å². The number of hydrogen-bond acceptors (Lipinski definition) is 0.